The Morgan fingerprint density at radius 1 is 0.900 bits per heavy atom. The number of halogens is 1. The van der Waals surface area contributed by atoms with E-state index in [1.165, 1.54) is 24.3 Å². The van der Waals surface area contributed by atoms with Crippen LogP contribution in [0.5, 0.6) is 0 Å². The van der Waals surface area contributed by atoms with Gasteiger partial charge in [0.2, 0.25) is 10.0 Å². The van der Waals surface area contributed by atoms with Crippen LogP contribution in [0.25, 0.3) is 0 Å². The van der Waals surface area contributed by atoms with Crippen molar-refractivity contribution in [2.45, 2.75) is 36.8 Å². The van der Waals surface area contributed by atoms with E-state index in [0.717, 1.165) is 0 Å². The van der Waals surface area contributed by atoms with Gasteiger partial charge in [-0.1, -0.05) is 92.5 Å². The summed E-state index contributed by atoms with van der Waals surface area (Å²) >= 11 is 5.92. The zero-order valence-corrected chi connectivity index (χ0v) is 18.6. The molecule has 158 valence electrons. The van der Waals surface area contributed by atoms with Crippen molar-refractivity contribution in [3.05, 3.63) is 101 Å². The van der Waals surface area contributed by atoms with Gasteiger partial charge in [-0.3, -0.25) is 0 Å². The second-order valence-corrected chi connectivity index (χ2v) is 9.59. The van der Waals surface area contributed by atoms with E-state index < -0.39 is 21.7 Å². The second-order valence-electron chi connectivity index (χ2n) is 7.44. The standard InChI is InChI=1S/C24H26ClNO3S/c1-3-18(2)23(26-30(28,29)22-16-14-21(25)15-17-22)24(27,19-10-6-4-7-11-19)20-12-8-5-9-13-20/h4-18,23,26-27H,3H2,1-2H3/t18-,23-/m0/s1. The van der Waals surface area contributed by atoms with Crippen LogP contribution in [-0.2, 0) is 15.6 Å². The van der Waals surface area contributed by atoms with Crippen LogP contribution in [-0.4, -0.2) is 19.6 Å². The fourth-order valence-electron chi connectivity index (χ4n) is 3.61. The summed E-state index contributed by atoms with van der Waals surface area (Å²) in [7, 11) is -3.90. The average Bonchev–Trinajstić information content (AvgIpc) is 2.78. The van der Waals surface area contributed by atoms with Gasteiger partial charge in [0.15, 0.2) is 0 Å². The zero-order valence-electron chi connectivity index (χ0n) is 17.0. The van der Waals surface area contributed by atoms with E-state index in [1.807, 2.05) is 74.5 Å². The number of hydrogen-bond acceptors (Lipinski definition) is 3. The number of nitrogens with one attached hydrogen (secondary N) is 1. The summed E-state index contributed by atoms with van der Waals surface area (Å²) in [6, 6.07) is 23.6. The topological polar surface area (TPSA) is 66.4 Å². The molecule has 2 N–H and O–H groups in total. The van der Waals surface area contributed by atoms with Crippen LogP contribution in [0, 0.1) is 5.92 Å². The van der Waals surface area contributed by atoms with Crippen LogP contribution < -0.4 is 4.72 Å². The lowest BCUT2D eigenvalue weighted by Gasteiger charge is -2.40. The summed E-state index contributed by atoms with van der Waals surface area (Å²) in [4.78, 5) is 0.101. The van der Waals surface area contributed by atoms with E-state index in [4.69, 9.17) is 11.6 Å². The van der Waals surface area contributed by atoms with Crippen molar-refractivity contribution in [2.24, 2.45) is 5.92 Å². The van der Waals surface area contributed by atoms with Gasteiger partial charge in [0.1, 0.15) is 5.60 Å². The molecule has 3 aromatic carbocycles. The Kier molecular flexibility index (Phi) is 6.98. The fourth-order valence-corrected chi connectivity index (χ4v) is 5.10. The number of aliphatic hydroxyl groups is 1. The quantitative estimate of drug-likeness (QED) is 0.516. The first-order chi connectivity index (χ1) is 14.3. The molecule has 3 rings (SSSR count). The first-order valence-electron chi connectivity index (χ1n) is 9.90. The minimum atomic E-state index is -3.90. The third-order valence-corrected chi connectivity index (χ3v) is 7.21. The molecule has 2 atom stereocenters. The van der Waals surface area contributed by atoms with Crippen molar-refractivity contribution in [1.82, 2.24) is 4.72 Å². The van der Waals surface area contributed by atoms with Crippen LogP contribution in [0.3, 0.4) is 0 Å². The van der Waals surface area contributed by atoms with Gasteiger partial charge in [-0.15, -0.1) is 0 Å². The molecular formula is C24H26ClNO3S. The molecule has 0 heterocycles. The second kappa shape index (κ2) is 9.31. The Labute approximate surface area is 183 Å². The summed E-state index contributed by atoms with van der Waals surface area (Å²) in [5, 5.41) is 12.6. The van der Waals surface area contributed by atoms with Crippen molar-refractivity contribution in [2.75, 3.05) is 0 Å². The van der Waals surface area contributed by atoms with Gasteiger partial charge >= 0.3 is 0 Å². The lowest BCUT2D eigenvalue weighted by molar-refractivity contribution is 0.0247. The molecular weight excluding hydrogens is 418 g/mol. The maximum Gasteiger partial charge on any atom is 0.240 e. The van der Waals surface area contributed by atoms with Crippen LogP contribution >= 0.6 is 11.6 Å². The van der Waals surface area contributed by atoms with Gasteiger partial charge in [-0.05, 0) is 41.3 Å². The molecule has 0 unspecified atom stereocenters. The Morgan fingerprint density at radius 3 is 1.80 bits per heavy atom. The molecule has 4 nitrogen and oxygen atoms in total. The number of benzene rings is 3. The predicted molar refractivity (Wildman–Crippen MR) is 121 cm³/mol. The summed E-state index contributed by atoms with van der Waals surface area (Å²) in [5.41, 5.74) is -0.308. The maximum atomic E-state index is 13.2. The van der Waals surface area contributed by atoms with Crippen molar-refractivity contribution >= 4 is 21.6 Å². The molecule has 0 aliphatic heterocycles. The number of sulfonamides is 1. The smallest absolute Gasteiger partial charge is 0.240 e. The van der Waals surface area contributed by atoms with Crippen molar-refractivity contribution in [3.63, 3.8) is 0 Å². The first kappa shape index (κ1) is 22.5. The lowest BCUT2D eigenvalue weighted by Crippen LogP contribution is -2.54. The van der Waals surface area contributed by atoms with E-state index in [9.17, 15) is 13.5 Å². The number of rotatable bonds is 8. The van der Waals surface area contributed by atoms with Gasteiger partial charge in [-0.2, -0.15) is 0 Å². The molecule has 0 aliphatic rings. The first-order valence-corrected chi connectivity index (χ1v) is 11.8. The van der Waals surface area contributed by atoms with Gasteiger partial charge in [0.25, 0.3) is 0 Å². The lowest BCUT2D eigenvalue weighted by atomic mass is 9.75. The van der Waals surface area contributed by atoms with Crippen molar-refractivity contribution in [3.8, 4) is 0 Å². The van der Waals surface area contributed by atoms with Crippen molar-refractivity contribution < 1.29 is 13.5 Å². The molecule has 0 saturated heterocycles. The SMILES string of the molecule is CC[C@H](C)[C@H](NS(=O)(=O)c1ccc(Cl)cc1)C(O)(c1ccccc1)c1ccccc1. The minimum absolute atomic E-state index is 0.101. The van der Waals surface area contributed by atoms with E-state index in [1.54, 1.807) is 0 Å². The van der Waals surface area contributed by atoms with Gasteiger partial charge in [-0.25, -0.2) is 13.1 Å². The van der Waals surface area contributed by atoms with E-state index >= 15 is 0 Å². The highest BCUT2D eigenvalue weighted by atomic mass is 35.5. The Balaban J connectivity index is 2.14. The van der Waals surface area contributed by atoms with Crippen LogP contribution in [0.2, 0.25) is 5.02 Å². The van der Waals surface area contributed by atoms with Gasteiger partial charge in [0, 0.05) is 5.02 Å². The maximum absolute atomic E-state index is 13.2. The fraction of sp³-hybridized carbons (Fsp3) is 0.250. The Morgan fingerprint density at radius 2 is 1.37 bits per heavy atom. The molecule has 0 aliphatic carbocycles. The molecule has 0 fully saturated rings. The van der Waals surface area contributed by atoms with Crippen LogP contribution in [0.1, 0.15) is 31.4 Å². The van der Waals surface area contributed by atoms with Crippen LogP contribution in [0.4, 0.5) is 0 Å². The molecule has 0 bridgehead atoms. The number of hydrogen-bond donors (Lipinski definition) is 2. The molecule has 3 aromatic rings. The largest absolute Gasteiger partial charge is 0.379 e. The van der Waals surface area contributed by atoms with Gasteiger partial charge < -0.3 is 5.11 Å². The summed E-state index contributed by atoms with van der Waals surface area (Å²) in [6.07, 6.45) is 0.676. The molecule has 0 radical (unpaired) electrons. The Hall–Kier alpha value is -2.18. The monoisotopic (exact) mass is 443 g/mol. The van der Waals surface area contributed by atoms with E-state index in [2.05, 4.69) is 4.72 Å². The molecule has 6 heteroatoms. The van der Waals surface area contributed by atoms with E-state index in [0.29, 0.717) is 22.6 Å². The summed E-state index contributed by atoms with van der Waals surface area (Å²) < 4.78 is 29.2. The molecule has 30 heavy (non-hydrogen) atoms. The predicted octanol–water partition coefficient (Wildman–Crippen LogP) is 4.97. The highest BCUT2D eigenvalue weighted by Gasteiger charge is 2.44. The minimum Gasteiger partial charge on any atom is -0.379 e. The molecule has 0 saturated carbocycles. The van der Waals surface area contributed by atoms with Crippen molar-refractivity contribution in [1.29, 1.82) is 0 Å². The summed E-state index contributed by atoms with van der Waals surface area (Å²) in [5.74, 6) is -0.155. The third kappa shape index (κ3) is 4.60. The molecule has 0 spiro atoms. The summed E-state index contributed by atoms with van der Waals surface area (Å²) in [6.45, 7) is 3.91. The Bertz CT molecular complexity index is 1020. The van der Waals surface area contributed by atoms with Crippen LogP contribution in [0.15, 0.2) is 89.8 Å². The average molecular weight is 444 g/mol. The molecule has 0 aromatic heterocycles. The van der Waals surface area contributed by atoms with Gasteiger partial charge in [0.05, 0.1) is 10.9 Å². The van der Waals surface area contributed by atoms with E-state index in [-0.39, 0.29) is 10.8 Å². The third-order valence-electron chi connectivity index (χ3n) is 5.50. The highest BCUT2D eigenvalue weighted by molar-refractivity contribution is 7.89. The normalized spacial score (nSPS) is 14.3. The highest BCUT2D eigenvalue weighted by Crippen LogP contribution is 2.37. The zero-order chi connectivity index (χ0) is 21.8. The molecule has 0 amide bonds.